The van der Waals surface area contributed by atoms with Crippen LogP contribution in [0.15, 0.2) is 18.2 Å². The fraction of sp³-hybridized carbons (Fsp3) is 0.533. The van der Waals surface area contributed by atoms with Crippen LogP contribution in [0.25, 0.3) is 0 Å². The Balaban J connectivity index is 2.05. The molecular weight excluding hydrogens is 252 g/mol. The molecule has 5 nitrogen and oxygen atoms in total. The highest BCUT2D eigenvalue weighted by atomic mass is 16.1. The molecule has 1 aromatic rings. The van der Waals surface area contributed by atoms with E-state index in [0.717, 1.165) is 36.3 Å². The normalized spacial score (nSPS) is 23.4. The van der Waals surface area contributed by atoms with Crippen LogP contribution >= 0.6 is 0 Å². The second-order valence-corrected chi connectivity index (χ2v) is 5.78. The third-order valence-electron chi connectivity index (χ3n) is 4.06. The molecule has 110 valence electrons. The quantitative estimate of drug-likeness (QED) is 0.576. The van der Waals surface area contributed by atoms with E-state index in [1.165, 1.54) is 0 Å². The molecule has 1 aliphatic rings. The number of hydrogen-bond donors (Lipinski definition) is 3. The minimum Gasteiger partial charge on any atom is -0.349 e. The molecule has 0 bridgehead atoms. The van der Waals surface area contributed by atoms with E-state index < -0.39 is 0 Å². The lowest BCUT2D eigenvalue weighted by Gasteiger charge is -2.35. The molecule has 0 spiro atoms. The molecule has 0 aliphatic carbocycles. The predicted octanol–water partition coefficient (Wildman–Crippen LogP) is 1.35. The number of amides is 1. The molecule has 1 amide bonds. The summed E-state index contributed by atoms with van der Waals surface area (Å²) in [5.41, 5.74) is 5.05. The lowest BCUT2D eigenvalue weighted by atomic mass is 9.93. The van der Waals surface area contributed by atoms with Crippen molar-refractivity contribution in [1.82, 2.24) is 10.2 Å². The van der Waals surface area contributed by atoms with Crippen molar-refractivity contribution in [2.24, 2.45) is 11.8 Å². The van der Waals surface area contributed by atoms with Crippen molar-refractivity contribution in [2.75, 3.05) is 25.6 Å². The van der Waals surface area contributed by atoms with Gasteiger partial charge in [-0.3, -0.25) is 10.6 Å². The van der Waals surface area contributed by atoms with Crippen LogP contribution in [-0.2, 0) is 0 Å². The van der Waals surface area contributed by atoms with E-state index in [1.807, 2.05) is 25.1 Å². The van der Waals surface area contributed by atoms with Gasteiger partial charge < -0.3 is 15.6 Å². The van der Waals surface area contributed by atoms with Gasteiger partial charge in [0.05, 0.1) is 0 Å². The van der Waals surface area contributed by atoms with Crippen molar-refractivity contribution in [3.63, 3.8) is 0 Å². The number of hydrazine groups is 1. The fourth-order valence-corrected chi connectivity index (χ4v) is 2.82. The Labute approximate surface area is 120 Å². The van der Waals surface area contributed by atoms with Crippen molar-refractivity contribution < 1.29 is 4.79 Å². The topological polar surface area (TPSA) is 70.4 Å². The van der Waals surface area contributed by atoms with Gasteiger partial charge in [0, 0.05) is 23.8 Å². The highest BCUT2D eigenvalue weighted by Crippen LogP contribution is 2.18. The Morgan fingerprint density at radius 1 is 1.45 bits per heavy atom. The number of nitrogens with one attached hydrogen (secondary N) is 2. The van der Waals surface area contributed by atoms with Crippen LogP contribution in [0.1, 0.15) is 29.3 Å². The van der Waals surface area contributed by atoms with Crippen molar-refractivity contribution in [3.05, 3.63) is 29.3 Å². The molecule has 2 unspecified atom stereocenters. The first-order valence-corrected chi connectivity index (χ1v) is 7.08. The maximum Gasteiger partial charge on any atom is 0.251 e. The van der Waals surface area contributed by atoms with E-state index in [9.17, 15) is 4.79 Å². The Morgan fingerprint density at radius 2 is 2.20 bits per heavy atom. The summed E-state index contributed by atoms with van der Waals surface area (Å²) in [4.78, 5) is 14.7. The molecule has 2 atom stereocenters. The summed E-state index contributed by atoms with van der Waals surface area (Å²) in [6.07, 6.45) is 1.00. The predicted molar refractivity (Wildman–Crippen MR) is 81.5 cm³/mol. The van der Waals surface area contributed by atoms with Crippen LogP contribution in [0.3, 0.4) is 0 Å². The second kappa shape index (κ2) is 6.24. The Hall–Kier alpha value is -1.59. The van der Waals surface area contributed by atoms with Gasteiger partial charge >= 0.3 is 0 Å². The third kappa shape index (κ3) is 3.29. The van der Waals surface area contributed by atoms with Crippen molar-refractivity contribution >= 4 is 11.6 Å². The molecule has 4 N–H and O–H groups in total. The van der Waals surface area contributed by atoms with E-state index in [4.69, 9.17) is 5.84 Å². The second-order valence-electron chi connectivity index (χ2n) is 5.78. The molecule has 0 saturated carbocycles. The van der Waals surface area contributed by atoms with E-state index >= 15 is 0 Å². The molecule has 5 heteroatoms. The number of piperidine rings is 1. The first kappa shape index (κ1) is 14.8. The smallest absolute Gasteiger partial charge is 0.251 e. The zero-order valence-corrected chi connectivity index (χ0v) is 12.4. The van der Waals surface area contributed by atoms with Crippen molar-refractivity contribution in [2.45, 2.75) is 26.3 Å². The Kier molecular flexibility index (Phi) is 4.62. The van der Waals surface area contributed by atoms with Crippen LogP contribution < -0.4 is 16.6 Å². The summed E-state index contributed by atoms with van der Waals surface area (Å²) in [5, 5.41) is 3.17. The summed E-state index contributed by atoms with van der Waals surface area (Å²) in [6, 6.07) is 5.78. The number of anilines is 1. The highest BCUT2D eigenvalue weighted by Gasteiger charge is 2.26. The maximum absolute atomic E-state index is 12.4. The van der Waals surface area contributed by atoms with E-state index in [2.05, 4.69) is 29.6 Å². The number of hydrogen-bond acceptors (Lipinski definition) is 4. The number of benzene rings is 1. The largest absolute Gasteiger partial charge is 0.349 e. The van der Waals surface area contributed by atoms with Gasteiger partial charge in [-0.05, 0) is 56.6 Å². The molecule has 1 saturated heterocycles. The number of nitrogen functional groups attached to an aromatic ring is 1. The molecule has 1 heterocycles. The SMILES string of the molecule is Cc1cc(NN)ccc1C(=O)NC1CCN(C)CC1C. The number of carbonyl (C=O) groups excluding carboxylic acids is 1. The first-order valence-electron chi connectivity index (χ1n) is 7.08. The molecule has 1 aromatic carbocycles. The maximum atomic E-state index is 12.4. The van der Waals surface area contributed by atoms with Gasteiger partial charge in [0.1, 0.15) is 0 Å². The molecule has 1 fully saturated rings. The van der Waals surface area contributed by atoms with Crippen LogP contribution in [0.5, 0.6) is 0 Å². The number of rotatable bonds is 3. The zero-order chi connectivity index (χ0) is 14.7. The van der Waals surface area contributed by atoms with Gasteiger partial charge in [0.25, 0.3) is 5.91 Å². The summed E-state index contributed by atoms with van der Waals surface area (Å²) in [5.74, 6) is 5.85. The van der Waals surface area contributed by atoms with Gasteiger partial charge in [-0.1, -0.05) is 6.92 Å². The van der Waals surface area contributed by atoms with Crippen molar-refractivity contribution in [3.8, 4) is 0 Å². The van der Waals surface area contributed by atoms with E-state index in [0.29, 0.717) is 5.92 Å². The molecule has 0 aromatic heterocycles. The average Bonchev–Trinajstić information content (AvgIpc) is 2.41. The van der Waals surface area contributed by atoms with Gasteiger partial charge in [-0.25, -0.2) is 0 Å². The number of likely N-dealkylation sites (tertiary alicyclic amines) is 1. The van der Waals surface area contributed by atoms with Crippen LogP contribution in [0.4, 0.5) is 5.69 Å². The van der Waals surface area contributed by atoms with Crippen LogP contribution in [-0.4, -0.2) is 37.0 Å². The van der Waals surface area contributed by atoms with Crippen molar-refractivity contribution in [1.29, 1.82) is 0 Å². The van der Waals surface area contributed by atoms with E-state index in [-0.39, 0.29) is 11.9 Å². The molecule has 1 aliphatic heterocycles. The number of carbonyl (C=O) groups is 1. The van der Waals surface area contributed by atoms with Gasteiger partial charge in [-0.15, -0.1) is 0 Å². The Morgan fingerprint density at radius 3 is 2.80 bits per heavy atom. The summed E-state index contributed by atoms with van der Waals surface area (Å²) >= 11 is 0. The third-order valence-corrected chi connectivity index (χ3v) is 4.06. The number of nitrogens with zero attached hydrogens (tertiary/aromatic N) is 1. The highest BCUT2D eigenvalue weighted by molar-refractivity contribution is 5.96. The molecular formula is C15H24N4O. The lowest BCUT2D eigenvalue weighted by molar-refractivity contribution is 0.0883. The van der Waals surface area contributed by atoms with Gasteiger partial charge in [0.15, 0.2) is 0 Å². The summed E-state index contributed by atoms with van der Waals surface area (Å²) in [7, 11) is 2.12. The average molecular weight is 276 g/mol. The zero-order valence-electron chi connectivity index (χ0n) is 12.4. The molecule has 20 heavy (non-hydrogen) atoms. The standard InChI is InChI=1S/C15H24N4O/c1-10-8-12(18-16)4-5-13(10)15(20)17-14-6-7-19(3)9-11(14)2/h4-5,8,11,14,18H,6-7,9,16H2,1-3H3,(H,17,20). The first-order chi connectivity index (χ1) is 9.51. The molecule has 2 rings (SSSR count). The minimum atomic E-state index is 0.00692. The lowest BCUT2D eigenvalue weighted by Crippen LogP contribution is -2.48. The van der Waals surface area contributed by atoms with Gasteiger partial charge in [-0.2, -0.15) is 0 Å². The van der Waals surface area contributed by atoms with Crippen LogP contribution in [0.2, 0.25) is 0 Å². The number of aryl methyl sites for hydroxylation is 1. The van der Waals surface area contributed by atoms with Gasteiger partial charge in [0.2, 0.25) is 0 Å². The van der Waals surface area contributed by atoms with E-state index in [1.54, 1.807) is 0 Å². The summed E-state index contributed by atoms with van der Waals surface area (Å²) < 4.78 is 0. The van der Waals surface area contributed by atoms with Crippen LogP contribution in [0, 0.1) is 12.8 Å². The summed E-state index contributed by atoms with van der Waals surface area (Å²) in [6.45, 7) is 6.17. The molecule has 0 radical (unpaired) electrons. The monoisotopic (exact) mass is 276 g/mol. The minimum absolute atomic E-state index is 0.00692. The fourth-order valence-electron chi connectivity index (χ4n) is 2.82. The Bertz CT molecular complexity index is 489. The number of nitrogens with two attached hydrogens (primary N) is 1.